The molecule has 1 aliphatic rings. The molecule has 23 heavy (non-hydrogen) atoms. The summed E-state index contributed by atoms with van der Waals surface area (Å²) in [5.74, 6) is 0. The summed E-state index contributed by atoms with van der Waals surface area (Å²) in [6, 6.07) is 19.2. The van der Waals surface area contributed by atoms with Crippen molar-refractivity contribution in [3.05, 3.63) is 70.8 Å². The van der Waals surface area contributed by atoms with Gasteiger partial charge < -0.3 is 5.32 Å². The maximum atomic E-state index is 8.82. The highest BCUT2D eigenvalue weighted by Crippen LogP contribution is 2.19. The van der Waals surface area contributed by atoms with E-state index < -0.39 is 0 Å². The Morgan fingerprint density at radius 3 is 2.61 bits per heavy atom. The lowest BCUT2D eigenvalue weighted by Crippen LogP contribution is -2.42. The second-order valence-corrected chi connectivity index (χ2v) is 6.28. The molecule has 1 unspecified atom stereocenters. The fraction of sp³-hybridized carbons (Fsp3) is 0.350. The molecule has 2 aromatic rings. The summed E-state index contributed by atoms with van der Waals surface area (Å²) < 4.78 is 0. The highest BCUT2D eigenvalue weighted by Gasteiger charge is 2.19. The Hall–Kier alpha value is -2.15. The van der Waals surface area contributed by atoms with Crippen LogP contribution in [0.5, 0.6) is 0 Å². The van der Waals surface area contributed by atoms with Crippen LogP contribution in [-0.4, -0.2) is 24.0 Å². The fourth-order valence-electron chi connectivity index (χ4n) is 3.15. The molecule has 0 saturated carbocycles. The van der Waals surface area contributed by atoms with Crippen LogP contribution in [0.1, 0.15) is 29.2 Å². The number of nitriles is 1. The number of hydrogen-bond donors (Lipinski definition) is 1. The third-order valence-corrected chi connectivity index (χ3v) is 4.64. The first kappa shape index (κ1) is 15.7. The largest absolute Gasteiger partial charge is 0.311 e. The normalized spacial score (nSPS) is 15.7. The predicted molar refractivity (Wildman–Crippen MR) is 92.9 cm³/mol. The molecule has 0 aromatic heterocycles. The lowest BCUT2D eigenvalue weighted by Gasteiger charge is -2.33. The van der Waals surface area contributed by atoms with E-state index in [-0.39, 0.29) is 0 Å². The summed E-state index contributed by atoms with van der Waals surface area (Å²) in [5, 5.41) is 12.4. The van der Waals surface area contributed by atoms with E-state index in [4.69, 9.17) is 5.26 Å². The molecule has 118 valence electrons. The zero-order chi connectivity index (χ0) is 16.1. The third kappa shape index (κ3) is 3.98. The van der Waals surface area contributed by atoms with E-state index in [0.29, 0.717) is 11.6 Å². The predicted octanol–water partition coefficient (Wildman–Crippen LogP) is 3.09. The van der Waals surface area contributed by atoms with Crippen LogP contribution in [0, 0.1) is 11.3 Å². The molecule has 1 atom stereocenters. The van der Waals surface area contributed by atoms with Crippen molar-refractivity contribution in [2.45, 2.75) is 32.5 Å². The molecule has 0 spiro atoms. The first-order valence-corrected chi connectivity index (χ1v) is 8.27. The Labute approximate surface area is 138 Å². The van der Waals surface area contributed by atoms with E-state index in [9.17, 15) is 0 Å². The van der Waals surface area contributed by atoms with E-state index in [0.717, 1.165) is 32.6 Å². The van der Waals surface area contributed by atoms with E-state index in [1.165, 1.54) is 16.7 Å². The lowest BCUT2D eigenvalue weighted by atomic mass is 9.99. The quantitative estimate of drug-likeness (QED) is 0.922. The number of nitrogens with zero attached hydrogens (tertiary/aromatic N) is 2. The van der Waals surface area contributed by atoms with Crippen LogP contribution in [0.25, 0.3) is 0 Å². The Morgan fingerprint density at radius 2 is 1.87 bits per heavy atom. The first-order chi connectivity index (χ1) is 11.3. The van der Waals surface area contributed by atoms with Crippen molar-refractivity contribution in [1.82, 2.24) is 10.2 Å². The van der Waals surface area contributed by atoms with Gasteiger partial charge in [0.1, 0.15) is 0 Å². The number of nitrogens with one attached hydrogen (secondary N) is 1. The van der Waals surface area contributed by atoms with Gasteiger partial charge >= 0.3 is 0 Å². The standard InChI is InChI=1S/C20H23N3/c1-16(13-22-14-18-8-6-17(12-21)7-9-18)23-11-10-19-4-2-3-5-20(19)15-23/h2-9,16,22H,10-11,13-15H2,1H3. The summed E-state index contributed by atoms with van der Waals surface area (Å²) >= 11 is 0. The fourth-order valence-corrected chi connectivity index (χ4v) is 3.15. The second-order valence-electron chi connectivity index (χ2n) is 6.28. The van der Waals surface area contributed by atoms with Gasteiger partial charge in [0.25, 0.3) is 0 Å². The molecule has 0 amide bonds. The Balaban J connectivity index is 1.48. The van der Waals surface area contributed by atoms with Gasteiger partial charge in [-0.05, 0) is 42.2 Å². The van der Waals surface area contributed by atoms with Gasteiger partial charge in [0.15, 0.2) is 0 Å². The summed E-state index contributed by atoms with van der Waals surface area (Å²) in [6.07, 6.45) is 1.15. The lowest BCUT2D eigenvalue weighted by molar-refractivity contribution is 0.186. The van der Waals surface area contributed by atoms with Gasteiger partial charge in [-0.2, -0.15) is 5.26 Å². The smallest absolute Gasteiger partial charge is 0.0991 e. The zero-order valence-corrected chi connectivity index (χ0v) is 13.6. The number of hydrogen-bond acceptors (Lipinski definition) is 3. The topological polar surface area (TPSA) is 39.1 Å². The van der Waals surface area contributed by atoms with Crippen LogP contribution in [-0.2, 0) is 19.5 Å². The molecule has 0 bridgehead atoms. The van der Waals surface area contributed by atoms with Crippen molar-refractivity contribution in [2.24, 2.45) is 0 Å². The summed E-state index contributed by atoms with van der Waals surface area (Å²) in [7, 11) is 0. The van der Waals surface area contributed by atoms with Crippen molar-refractivity contribution in [2.75, 3.05) is 13.1 Å². The van der Waals surface area contributed by atoms with Crippen LogP contribution in [0.2, 0.25) is 0 Å². The molecule has 1 N–H and O–H groups in total. The van der Waals surface area contributed by atoms with Crippen molar-refractivity contribution < 1.29 is 0 Å². The SMILES string of the molecule is CC(CNCc1ccc(C#N)cc1)N1CCc2ccccc2C1. The Bertz CT molecular complexity index is 685. The van der Waals surface area contributed by atoms with Gasteiger partial charge in [-0.3, -0.25) is 4.90 Å². The van der Waals surface area contributed by atoms with Gasteiger partial charge in [0, 0.05) is 32.2 Å². The van der Waals surface area contributed by atoms with Crippen LogP contribution in [0.4, 0.5) is 0 Å². The molecule has 3 rings (SSSR count). The Morgan fingerprint density at radius 1 is 1.13 bits per heavy atom. The Kier molecular flexibility index (Phi) is 5.07. The number of fused-ring (bicyclic) bond motifs is 1. The van der Waals surface area contributed by atoms with Crippen molar-refractivity contribution in [3.63, 3.8) is 0 Å². The summed E-state index contributed by atoms with van der Waals surface area (Å²) in [4.78, 5) is 2.55. The number of benzene rings is 2. The van der Waals surface area contributed by atoms with Gasteiger partial charge in [0.2, 0.25) is 0 Å². The van der Waals surface area contributed by atoms with Gasteiger partial charge in [-0.25, -0.2) is 0 Å². The molecule has 2 aromatic carbocycles. The maximum absolute atomic E-state index is 8.82. The minimum atomic E-state index is 0.515. The molecular formula is C20H23N3. The highest BCUT2D eigenvalue weighted by atomic mass is 15.2. The first-order valence-electron chi connectivity index (χ1n) is 8.27. The van der Waals surface area contributed by atoms with Crippen LogP contribution < -0.4 is 5.32 Å². The van der Waals surface area contributed by atoms with Gasteiger partial charge in [-0.15, -0.1) is 0 Å². The van der Waals surface area contributed by atoms with Crippen LogP contribution in [0.3, 0.4) is 0 Å². The molecule has 0 aliphatic carbocycles. The molecule has 1 heterocycles. The second kappa shape index (κ2) is 7.41. The van der Waals surface area contributed by atoms with Gasteiger partial charge in [0.05, 0.1) is 11.6 Å². The molecular weight excluding hydrogens is 282 g/mol. The molecule has 0 fully saturated rings. The van der Waals surface area contributed by atoms with Crippen molar-refractivity contribution >= 4 is 0 Å². The van der Waals surface area contributed by atoms with Crippen LogP contribution >= 0.6 is 0 Å². The van der Waals surface area contributed by atoms with E-state index >= 15 is 0 Å². The molecule has 3 heteroatoms. The molecule has 0 radical (unpaired) electrons. The van der Waals surface area contributed by atoms with E-state index in [1.54, 1.807) is 0 Å². The molecule has 1 aliphatic heterocycles. The minimum absolute atomic E-state index is 0.515. The zero-order valence-electron chi connectivity index (χ0n) is 13.6. The number of rotatable bonds is 5. The minimum Gasteiger partial charge on any atom is -0.311 e. The summed E-state index contributed by atoms with van der Waals surface area (Å²) in [6.45, 7) is 6.30. The molecule has 0 saturated heterocycles. The van der Waals surface area contributed by atoms with E-state index in [2.05, 4.69) is 47.5 Å². The van der Waals surface area contributed by atoms with E-state index in [1.807, 2.05) is 24.3 Å². The third-order valence-electron chi connectivity index (χ3n) is 4.64. The van der Waals surface area contributed by atoms with Gasteiger partial charge in [-0.1, -0.05) is 36.4 Å². The van der Waals surface area contributed by atoms with Crippen LogP contribution in [0.15, 0.2) is 48.5 Å². The average molecular weight is 305 g/mol. The summed E-state index contributed by atoms with van der Waals surface area (Å²) in [5.41, 5.74) is 4.91. The van der Waals surface area contributed by atoms with Crippen molar-refractivity contribution in [3.8, 4) is 6.07 Å². The van der Waals surface area contributed by atoms with Crippen molar-refractivity contribution in [1.29, 1.82) is 5.26 Å². The average Bonchev–Trinajstić information content (AvgIpc) is 2.61. The highest BCUT2D eigenvalue weighted by molar-refractivity contribution is 5.31. The molecule has 3 nitrogen and oxygen atoms in total. The maximum Gasteiger partial charge on any atom is 0.0991 e. The monoisotopic (exact) mass is 305 g/mol.